The minimum absolute atomic E-state index is 0. The summed E-state index contributed by atoms with van der Waals surface area (Å²) in [6.45, 7) is 8.21. The number of aromatic nitrogens is 3. The van der Waals surface area contributed by atoms with Gasteiger partial charge in [0, 0.05) is 49.6 Å². The van der Waals surface area contributed by atoms with E-state index >= 15 is 0 Å². The van der Waals surface area contributed by atoms with Crippen molar-refractivity contribution in [2.45, 2.75) is 33.1 Å². The second kappa shape index (κ2) is 10.1. The van der Waals surface area contributed by atoms with Crippen LogP contribution in [0.4, 0.5) is 4.39 Å². The Morgan fingerprint density at radius 3 is 2.58 bits per heavy atom. The van der Waals surface area contributed by atoms with E-state index in [1.165, 1.54) is 38.0 Å². The average molecular weight is 694 g/mol. The van der Waals surface area contributed by atoms with Gasteiger partial charge in [0.2, 0.25) is 0 Å². The van der Waals surface area contributed by atoms with Gasteiger partial charge in [-0.05, 0) is 57.1 Å². The number of hydrogen-bond acceptors (Lipinski definition) is 4. The number of benzene rings is 2. The number of rotatable bonds is 1. The Morgan fingerprint density at radius 2 is 1.79 bits per heavy atom. The van der Waals surface area contributed by atoms with Crippen molar-refractivity contribution in [3.05, 3.63) is 114 Å². The summed E-state index contributed by atoms with van der Waals surface area (Å²) in [5.74, 6) is -0.178. The van der Waals surface area contributed by atoms with Crippen molar-refractivity contribution in [2.75, 3.05) is 0 Å². The van der Waals surface area contributed by atoms with Crippen LogP contribution >= 0.6 is 11.3 Å². The van der Waals surface area contributed by atoms with Gasteiger partial charge in [0.05, 0.1) is 0 Å². The van der Waals surface area contributed by atoms with Gasteiger partial charge >= 0.3 is 0 Å². The number of halogens is 1. The molecule has 0 saturated heterocycles. The van der Waals surface area contributed by atoms with E-state index in [0.29, 0.717) is 5.56 Å². The van der Waals surface area contributed by atoms with Crippen LogP contribution in [0.5, 0.6) is 0 Å². The van der Waals surface area contributed by atoms with E-state index in [0.717, 1.165) is 33.6 Å². The number of pyridine rings is 3. The van der Waals surface area contributed by atoms with E-state index in [1.54, 1.807) is 11.3 Å². The Labute approximate surface area is 239 Å². The summed E-state index contributed by atoms with van der Waals surface area (Å²) < 4.78 is 16.5. The second-order valence-corrected chi connectivity index (χ2v) is 10.9. The molecule has 191 valence electrons. The van der Waals surface area contributed by atoms with E-state index in [9.17, 15) is 4.39 Å². The van der Waals surface area contributed by atoms with E-state index in [-0.39, 0.29) is 31.3 Å². The number of aryl methyl sites for hydroxylation is 2. The van der Waals surface area contributed by atoms with E-state index in [2.05, 4.69) is 46.1 Å². The van der Waals surface area contributed by atoms with Crippen molar-refractivity contribution in [3.63, 3.8) is 0 Å². The number of thiophene rings is 1. The summed E-state index contributed by atoms with van der Waals surface area (Å²) in [7, 11) is 0. The molecule has 1 radical (unpaired) electrons. The zero-order valence-corrected chi connectivity index (χ0v) is 24.6. The predicted molar refractivity (Wildman–Crippen MR) is 149 cm³/mol. The molecule has 0 amide bonds. The molecule has 0 fully saturated rings. The molecule has 4 heterocycles. The molecule has 6 aromatic rings. The van der Waals surface area contributed by atoms with Gasteiger partial charge in [-0.1, -0.05) is 38.3 Å². The van der Waals surface area contributed by atoms with Crippen LogP contribution in [-0.2, 0) is 25.5 Å². The summed E-state index contributed by atoms with van der Waals surface area (Å²) in [6, 6.07) is 22.1. The van der Waals surface area contributed by atoms with Crippen LogP contribution in [0.3, 0.4) is 0 Å². The average Bonchev–Trinajstić information content (AvgIpc) is 3.39. The quantitative estimate of drug-likeness (QED) is 0.163. The van der Waals surface area contributed by atoms with Crippen molar-refractivity contribution >= 4 is 31.5 Å². The number of nitrogens with zero attached hydrogens (tertiary/aromatic N) is 3. The molecule has 1 aliphatic carbocycles. The van der Waals surface area contributed by atoms with Gasteiger partial charge < -0.3 is 9.97 Å². The fourth-order valence-corrected chi connectivity index (χ4v) is 6.46. The SMILES string of the molecule is Cc1c[c-]c2c(c1)C(C)(C)c1c(F)ccnc1-2.Cc1cncc2sc3c(-c4ccccn4)[c-]ccc3c12.[Ir]. The molecule has 0 unspecified atom stereocenters. The minimum Gasteiger partial charge on any atom is -0.305 e. The van der Waals surface area contributed by atoms with Gasteiger partial charge in [0.25, 0.3) is 0 Å². The van der Waals surface area contributed by atoms with E-state index in [1.807, 2.05) is 69.7 Å². The van der Waals surface area contributed by atoms with Crippen molar-refractivity contribution in [2.24, 2.45) is 0 Å². The van der Waals surface area contributed by atoms with Crippen molar-refractivity contribution in [3.8, 4) is 22.5 Å². The number of hydrogen-bond donors (Lipinski definition) is 0. The zero-order chi connectivity index (χ0) is 25.7. The molecule has 38 heavy (non-hydrogen) atoms. The predicted octanol–water partition coefficient (Wildman–Crippen LogP) is 8.25. The monoisotopic (exact) mass is 694 g/mol. The Hall–Kier alpha value is -3.31. The maximum Gasteiger partial charge on any atom is 0.120 e. The second-order valence-electron chi connectivity index (χ2n) is 9.85. The van der Waals surface area contributed by atoms with Crippen LogP contribution in [0.25, 0.3) is 42.7 Å². The molecule has 0 bridgehead atoms. The standard InChI is InChI=1S/C17H11N2S.C15H13FN.Ir/c1-11-9-18-10-15-16(11)13-6-4-5-12(17(13)20-15)14-7-2-3-8-19-14;1-9-4-5-10-11(8-9)15(2,3)13-12(16)6-7-17-14(10)13;/h2-4,6-10H,1H3;4,6-8H,1-3H3;/q2*-1;. The molecular formula is C32H24FIrN3S-2. The Balaban J connectivity index is 0.000000153. The van der Waals surface area contributed by atoms with Gasteiger partial charge in [-0.3, -0.25) is 4.98 Å². The largest absolute Gasteiger partial charge is 0.305 e. The van der Waals surface area contributed by atoms with Crippen molar-refractivity contribution < 1.29 is 24.5 Å². The van der Waals surface area contributed by atoms with Crippen LogP contribution in [0.2, 0.25) is 0 Å². The van der Waals surface area contributed by atoms with Crippen molar-refractivity contribution in [1.29, 1.82) is 0 Å². The first-order valence-corrected chi connectivity index (χ1v) is 12.9. The molecule has 1 aliphatic rings. The molecular weight excluding hydrogens is 670 g/mol. The van der Waals surface area contributed by atoms with Crippen LogP contribution in [0, 0.1) is 31.8 Å². The first kappa shape index (κ1) is 26.3. The normalized spacial score (nSPS) is 12.9. The maximum atomic E-state index is 14.0. The Kier molecular flexibility index (Phi) is 6.99. The topological polar surface area (TPSA) is 38.7 Å². The number of fused-ring (bicyclic) bond motifs is 6. The minimum atomic E-state index is -0.328. The Bertz CT molecular complexity index is 1790. The van der Waals surface area contributed by atoms with Crippen LogP contribution in [0.1, 0.15) is 36.1 Å². The molecule has 2 aromatic carbocycles. The molecule has 4 aromatic heterocycles. The smallest absolute Gasteiger partial charge is 0.120 e. The third-order valence-electron chi connectivity index (χ3n) is 6.97. The molecule has 0 atom stereocenters. The van der Waals surface area contributed by atoms with E-state index < -0.39 is 0 Å². The molecule has 0 aliphatic heterocycles. The van der Waals surface area contributed by atoms with E-state index in [4.69, 9.17) is 0 Å². The molecule has 7 rings (SSSR count). The fourth-order valence-electron chi connectivity index (χ4n) is 5.21. The summed E-state index contributed by atoms with van der Waals surface area (Å²) in [4.78, 5) is 13.1. The third kappa shape index (κ3) is 4.27. The summed E-state index contributed by atoms with van der Waals surface area (Å²) in [6.07, 6.45) is 7.20. The van der Waals surface area contributed by atoms with Gasteiger partial charge in [-0.2, -0.15) is 11.3 Å². The summed E-state index contributed by atoms with van der Waals surface area (Å²) in [5.41, 5.74) is 7.56. The summed E-state index contributed by atoms with van der Waals surface area (Å²) >= 11 is 1.76. The first-order chi connectivity index (χ1) is 17.9. The van der Waals surface area contributed by atoms with Gasteiger partial charge in [0.1, 0.15) is 5.82 Å². The van der Waals surface area contributed by atoms with Gasteiger partial charge in [-0.15, -0.1) is 58.7 Å². The van der Waals surface area contributed by atoms with Crippen LogP contribution in [-0.4, -0.2) is 15.0 Å². The molecule has 0 spiro atoms. The zero-order valence-electron chi connectivity index (χ0n) is 21.4. The molecule has 0 saturated carbocycles. The van der Waals surface area contributed by atoms with Crippen LogP contribution < -0.4 is 0 Å². The molecule has 0 N–H and O–H groups in total. The Morgan fingerprint density at radius 1 is 0.947 bits per heavy atom. The first-order valence-electron chi connectivity index (χ1n) is 12.1. The van der Waals surface area contributed by atoms with Crippen LogP contribution in [0.15, 0.2) is 73.3 Å². The third-order valence-corrected chi connectivity index (χ3v) is 8.13. The fraction of sp³-hybridized carbons (Fsp3) is 0.156. The van der Waals surface area contributed by atoms with Crippen molar-refractivity contribution in [1.82, 2.24) is 15.0 Å². The maximum absolute atomic E-state index is 14.0. The van der Waals surface area contributed by atoms with Gasteiger partial charge in [-0.25, -0.2) is 4.39 Å². The summed E-state index contributed by atoms with van der Waals surface area (Å²) in [5, 5.41) is 2.57. The molecule has 3 nitrogen and oxygen atoms in total. The van der Waals surface area contributed by atoms with Gasteiger partial charge in [0.15, 0.2) is 0 Å². The molecule has 6 heteroatoms.